The molecule has 1 aromatic rings. The predicted octanol–water partition coefficient (Wildman–Crippen LogP) is 2.73. The van der Waals surface area contributed by atoms with Gasteiger partial charge in [0, 0.05) is 20.0 Å². The molecule has 0 heterocycles. The van der Waals surface area contributed by atoms with Crippen LogP contribution in [0.1, 0.15) is 49.1 Å². The summed E-state index contributed by atoms with van der Waals surface area (Å²) in [5.74, 6) is 0.940. The Morgan fingerprint density at radius 2 is 2.10 bits per heavy atom. The monoisotopic (exact) mass is 287 g/mol. The summed E-state index contributed by atoms with van der Waals surface area (Å²) < 4.78 is 0. The third-order valence-electron chi connectivity index (χ3n) is 4.97. The van der Waals surface area contributed by atoms with Gasteiger partial charge in [0.05, 0.1) is 6.10 Å². The van der Waals surface area contributed by atoms with E-state index >= 15 is 0 Å². The summed E-state index contributed by atoms with van der Waals surface area (Å²) in [6, 6.07) is 8.52. The van der Waals surface area contributed by atoms with Gasteiger partial charge in [0.15, 0.2) is 0 Å². The maximum atomic E-state index is 12.4. The Balaban J connectivity index is 1.59. The number of benzene rings is 1. The van der Waals surface area contributed by atoms with E-state index in [1.165, 1.54) is 17.5 Å². The van der Waals surface area contributed by atoms with Crippen LogP contribution in [0.25, 0.3) is 0 Å². The van der Waals surface area contributed by atoms with E-state index in [-0.39, 0.29) is 12.0 Å². The average molecular weight is 287 g/mol. The fraction of sp³-hybridized carbons (Fsp3) is 0.611. The van der Waals surface area contributed by atoms with Crippen molar-refractivity contribution in [3.63, 3.8) is 0 Å². The first kappa shape index (κ1) is 14.6. The molecule has 114 valence electrons. The third kappa shape index (κ3) is 3.46. The van der Waals surface area contributed by atoms with Crippen molar-refractivity contribution < 1.29 is 9.90 Å². The molecule has 2 aliphatic rings. The molecule has 2 aliphatic carbocycles. The topological polar surface area (TPSA) is 40.5 Å². The molecule has 0 saturated heterocycles. The van der Waals surface area contributed by atoms with Crippen molar-refractivity contribution in [3.8, 4) is 0 Å². The predicted molar refractivity (Wildman–Crippen MR) is 83.1 cm³/mol. The van der Waals surface area contributed by atoms with Gasteiger partial charge in [-0.2, -0.15) is 0 Å². The summed E-state index contributed by atoms with van der Waals surface area (Å²) >= 11 is 0. The molecule has 3 heteroatoms. The van der Waals surface area contributed by atoms with Crippen LogP contribution in [0.15, 0.2) is 24.3 Å². The number of aliphatic hydroxyl groups is 1. The number of carbonyl (C=O) groups excluding carboxylic acids is 1. The molecule has 1 amide bonds. The van der Waals surface area contributed by atoms with Crippen molar-refractivity contribution in [2.45, 2.75) is 50.5 Å². The van der Waals surface area contributed by atoms with Crippen LogP contribution in [-0.2, 0) is 11.2 Å². The Morgan fingerprint density at radius 3 is 2.86 bits per heavy atom. The number of hydrogen-bond donors (Lipinski definition) is 1. The summed E-state index contributed by atoms with van der Waals surface area (Å²) in [4.78, 5) is 14.1. The Labute approximate surface area is 127 Å². The lowest BCUT2D eigenvalue weighted by molar-refractivity contribution is -0.131. The minimum absolute atomic E-state index is 0.163. The minimum Gasteiger partial charge on any atom is -0.391 e. The zero-order chi connectivity index (χ0) is 14.8. The van der Waals surface area contributed by atoms with Gasteiger partial charge in [0.1, 0.15) is 0 Å². The van der Waals surface area contributed by atoms with E-state index in [1.807, 2.05) is 7.05 Å². The Morgan fingerprint density at radius 1 is 1.33 bits per heavy atom. The Bertz CT molecular complexity index is 510. The number of likely N-dealkylation sites (N-methyl/N-ethyl adjacent to an activating group) is 1. The van der Waals surface area contributed by atoms with Crippen LogP contribution in [0.4, 0.5) is 0 Å². The highest BCUT2D eigenvalue weighted by Gasteiger charge is 2.31. The van der Waals surface area contributed by atoms with Crippen LogP contribution in [0.3, 0.4) is 0 Å². The van der Waals surface area contributed by atoms with Gasteiger partial charge in [-0.1, -0.05) is 24.3 Å². The van der Waals surface area contributed by atoms with Crippen LogP contribution in [0.5, 0.6) is 0 Å². The number of hydrogen-bond acceptors (Lipinski definition) is 2. The maximum Gasteiger partial charge on any atom is 0.223 e. The molecule has 2 unspecified atom stereocenters. The van der Waals surface area contributed by atoms with E-state index in [4.69, 9.17) is 0 Å². The first-order valence-corrected chi connectivity index (χ1v) is 8.15. The van der Waals surface area contributed by atoms with Gasteiger partial charge in [0.2, 0.25) is 5.91 Å². The molecule has 0 bridgehead atoms. The summed E-state index contributed by atoms with van der Waals surface area (Å²) in [5, 5.41) is 9.98. The molecule has 21 heavy (non-hydrogen) atoms. The highest BCUT2D eigenvalue weighted by atomic mass is 16.3. The lowest BCUT2D eigenvalue weighted by Gasteiger charge is -2.27. The van der Waals surface area contributed by atoms with Crippen LogP contribution < -0.4 is 0 Å². The first-order valence-electron chi connectivity index (χ1n) is 8.15. The largest absolute Gasteiger partial charge is 0.391 e. The van der Waals surface area contributed by atoms with Gasteiger partial charge < -0.3 is 10.0 Å². The number of carbonyl (C=O) groups is 1. The number of nitrogens with zero attached hydrogens (tertiary/aromatic N) is 1. The van der Waals surface area contributed by atoms with E-state index in [1.54, 1.807) is 4.90 Å². The van der Waals surface area contributed by atoms with E-state index in [9.17, 15) is 9.90 Å². The number of rotatable bonds is 5. The highest BCUT2D eigenvalue weighted by Crippen LogP contribution is 2.35. The number of aryl methyl sites for hydroxylation is 1. The summed E-state index contributed by atoms with van der Waals surface area (Å²) in [5.41, 5.74) is 2.76. The molecule has 1 fully saturated rings. The molecule has 1 N–H and O–H groups in total. The number of amides is 1. The van der Waals surface area contributed by atoms with Gasteiger partial charge in [-0.3, -0.25) is 4.79 Å². The van der Waals surface area contributed by atoms with Crippen LogP contribution in [0, 0.1) is 5.92 Å². The van der Waals surface area contributed by atoms with Crippen molar-refractivity contribution in [1.29, 1.82) is 0 Å². The van der Waals surface area contributed by atoms with Gasteiger partial charge in [-0.05, 0) is 55.1 Å². The fourth-order valence-electron chi connectivity index (χ4n) is 3.45. The number of aliphatic hydroxyl groups excluding tert-OH is 1. The number of fused-ring (bicyclic) bond motifs is 1. The molecule has 3 rings (SSSR count). The smallest absolute Gasteiger partial charge is 0.223 e. The van der Waals surface area contributed by atoms with Gasteiger partial charge in [-0.25, -0.2) is 0 Å². The van der Waals surface area contributed by atoms with Crippen LogP contribution >= 0.6 is 0 Å². The SMILES string of the molecule is CN(CC(O)C1CC1)C(=O)CC1CCCc2ccccc21. The lowest BCUT2D eigenvalue weighted by atomic mass is 9.81. The van der Waals surface area contributed by atoms with Crippen molar-refractivity contribution in [3.05, 3.63) is 35.4 Å². The normalized spacial score (nSPS) is 22.5. The fourth-order valence-corrected chi connectivity index (χ4v) is 3.45. The molecule has 1 aromatic carbocycles. The summed E-state index contributed by atoms with van der Waals surface area (Å²) in [7, 11) is 1.82. The highest BCUT2D eigenvalue weighted by molar-refractivity contribution is 5.77. The van der Waals surface area contributed by atoms with Crippen molar-refractivity contribution in [1.82, 2.24) is 4.90 Å². The third-order valence-corrected chi connectivity index (χ3v) is 4.97. The maximum absolute atomic E-state index is 12.4. The summed E-state index contributed by atoms with van der Waals surface area (Å²) in [6.07, 6.45) is 5.86. The molecular formula is C18H25NO2. The molecule has 0 radical (unpaired) electrons. The zero-order valence-corrected chi connectivity index (χ0v) is 12.8. The Kier molecular flexibility index (Phi) is 4.29. The van der Waals surface area contributed by atoms with Crippen LogP contribution in [0.2, 0.25) is 0 Å². The van der Waals surface area contributed by atoms with E-state index in [0.717, 1.165) is 25.7 Å². The van der Waals surface area contributed by atoms with Gasteiger partial charge in [0.25, 0.3) is 0 Å². The van der Waals surface area contributed by atoms with E-state index in [0.29, 0.717) is 24.8 Å². The second kappa shape index (κ2) is 6.18. The van der Waals surface area contributed by atoms with Crippen molar-refractivity contribution >= 4 is 5.91 Å². The zero-order valence-electron chi connectivity index (χ0n) is 12.8. The molecule has 0 aliphatic heterocycles. The van der Waals surface area contributed by atoms with Crippen molar-refractivity contribution in [2.24, 2.45) is 5.92 Å². The van der Waals surface area contributed by atoms with E-state index in [2.05, 4.69) is 24.3 Å². The lowest BCUT2D eigenvalue weighted by Crippen LogP contribution is -2.36. The summed E-state index contributed by atoms with van der Waals surface area (Å²) in [6.45, 7) is 0.484. The van der Waals surface area contributed by atoms with Crippen LogP contribution in [-0.4, -0.2) is 35.6 Å². The second-order valence-corrected chi connectivity index (χ2v) is 6.67. The molecule has 1 saturated carbocycles. The average Bonchev–Trinajstić information content (AvgIpc) is 3.32. The molecular weight excluding hydrogens is 262 g/mol. The van der Waals surface area contributed by atoms with E-state index < -0.39 is 0 Å². The first-order chi connectivity index (χ1) is 10.1. The minimum atomic E-state index is -0.336. The molecule has 0 spiro atoms. The van der Waals surface area contributed by atoms with Crippen molar-refractivity contribution in [2.75, 3.05) is 13.6 Å². The molecule has 2 atom stereocenters. The molecule has 3 nitrogen and oxygen atoms in total. The van der Waals surface area contributed by atoms with Gasteiger partial charge in [-0.15, -0.1) is 0 Å². The standard InChI is InChI=1S/C18H25NO2/c1-19(12-17(20)14-9-10-14)18(21)11-15-7-4-6-13-5-2-3-8-16(13)15/h2-3,5,8,14-15,17,20H,4,6-7,9-12H2,1H3. The quantitative estimate of drug-likeness (QED) is 0.904. The molecule has 0 aromatic heterocycles. The Hall–Kier alpha value is -1.35. The van der Waals surface area contributed by atoms with Gasteiger partial charge >= 0.3 is 0 Å². The second-order valence-electron chi connectivity index (χ2n) is 6.67.